The first-order valence-corrected chi connectivity index (χ1v) is 6.97. The van der Waals surface area contributed by atoms with Gasteiger partial charge in [-0.05, 0) is 29.8 Å². The van der Waals surface area contributed by atoms with Gasteiger partial charge in [0.15, 0.2) is 29.3 Å². The van der Waals surface area contributed by atoms with Gasteiger partial charge in [-0.25, -0.2) is 0 Å². The molecule has 0 saturated carbocycles. The first-order valence-electron chi connectivity index (χ1n) is 6.97. The van der Waals surface area contributed by atoms with Crippen molar-refractivity contribution in [2.75, 3.05) is 21.0 Å². The minimum Gasteiger partial charge on any atom is -0.493 e. The van der Waals surface area contributed by atoms with Crippen molar-refractivity contribution < 1.29 is 28.8 Å². The number of carbonyl (C=O) groups excluding carboxylic acids is 1. The first kappa shape index (κ1) is 15.2. The second kappa shape index (κ2) is 6.18. The summed E-state index contributed by atoms with van der Waals surface area (Å²) >= 11 is 0. The Hall–Kier alpha value is -2.73. The minimum atomic E-state index is -1.06. The van der Waals surface area contributed by atoms with Crippen molar-refractivity contribution in [1.29, 1.82) is 0 Å². The number of rotatable bonds is 5. The van der Waals surface area contributed by atoms with Gasteiger partial charge in [0.2, 0.25) is 6.79 Å². The quantitative estimate of drug-likeness (QED) is 0.853. The van der Waals surface area contributed by atoms with Crippen LogP contribution >= 0.6 is 0 Å². The maximum Gasteiger partial charge on any atom is 0.231 e. The van der Waals surface area contributed by atoms with E-state index in [2.05, 4.69) is 0 Å². The number of ether oxygens (including phenoxy) is 4. The summed E-state index contributed by atoms with van der Waals surface area (Å²) in [6, 6.07) is 8.30. The molecular weight excluding hydrogens is 300 g/mol. The molecule has 120 valence electrons. The van der Waals surface area contributed by atoms with E-state index < -0.39 is 6.10 Å². The van der Waals surface area contributed by atoms with Crippen molar-refractivity contribution in [1.82, 2.24) is 0 Å². The van der Waals surface area contributed by atoms with Gasteiger partial charge >= 0.3 is 0 Å². The van der Waals surface area contributed by atoms with Gasteiger partial charge in [0.25, 0.3) is 0 Å². The summed E-state index contributed by atoms with van der Waals surface area (Å²) < 4.78 is 21.2. The minimum absolute atomic E-state index is 0.0588. The van der Waals surface area contributed by atoms with E-state index in [9.17, 15) is 9.90 Å². The number of carbonyl (C=O) groups is 1. The summed E-state index contributed by atoms with van der Waals surface area (Å²) in [5.41, 5.74) is 1.27. The summed E-state index contributed by atoms with van der Waals surface area (Å²) in [5.74, 6) is 1.93. The van der Waals surface area contributed by atoms with Crippen LogP contribution in [0.1, 0.15) is 27.6 Å². The molecule has 0 radical (unpaired) electrons. The van der Waals surface area contributed by atoms with Crippen molar-refractivity contribution in [2.45, 2.75) is 6.10 Å². The van der Waals surface area contributed by atoms with Gasteiger partial charge in [-0.3, -0.25) is 4.79 Å². The molecule has 1 aliphatic heterocycles. The fourth-order valence-corrected chi connectivity index (χ4v) is 2.58. The zero-order valence-corrected chi connectivity index (χ0v) is 12.7. The predicted octanol–water partition coefficient (Wildman–Crippen LogP) is 2.33. The summed E-state index contributed by atoms with van der Waals surface area (Å²) in [4.78, 5) is 11.3. The van der Waals surface area contributed by atoms with Crippen LogP contribution in [0.4, 0.5) is 0 Å². The van der Waals surface area contributed by atoms with Crippen LogP contribution in [0.3, 0.4) is 0 Å². The zero-order valence-electron chi connectivity index (χ0n) is 12.7. The summed E-state index contributed by atoms with van der Waals surface area (Å²) in [6.07, 6.45) is -0.381. The Morgan fingerprint density at radius 3 is 2.61 bits per heavy atom. The molecule has 3 rings (SSSR count). The number of aliphatic hydroxyl groups excluding tert-OH is 1. The highest BCUT2D eigenvalue weighted by Crippen LogP contribution is 2.43. The second-order valence-electron chi connectivity index (χ2n) is 4.94. The maximum atomic E-state index is 11.3. The standard InChI is InChI=1S/C17H16O6/c1-20-12-5-3-10(7-14(12)21-2)16(19)15-11(8-18)4-6-13-17(15)23-9-22-13/h3-8,16,19H,9H2,1-2H3. The van der Waals surface area contributed by atoms with Gasteiger partial charge < -0.3 is 24.1 Å². The molecule has 1 aliphatic rings. The van der Waals surface area contributed by atoms with Gasteiger partial charge in [0.05, 0.1) is 14.2 Å². The van der Waals surface area contributed by atoms with Crippen LogP contribution in [0.5, 0.6) is 23.0 Å². The summed E-state index contributed by atoms with van der Waals surface area (Å²) in [6.45, 7) is 0.0588. The fraction of sp³-hybridized carbons (Fsp3) is 0.235. The monoisotopic (exact) mass is 316 g/mol. The average molecular weight is 316 g/mol. The van der Waals surface area contributed by atoms with Crippen molar-refractivity contribution in [3.8, 4) is 23.0 Å². The topological polar surface area (TPSA) is 74.2 Å². The number of benzene rings is 2. The predicted molar refractivity (Wildman–Crippen MR) is 81.6 cm³/mol. The van der Waals surface area contributed by atoms with Gasteiger partial charge in [0.1, 0.15) is 6.10 Å². The lowest BCUT2D eigenvalue weighted by Gasteiger charge is -2.17. The zero-order chi connectivity index (χ0) is 16.4. The van der Waals surface area contributed by atoms with Crippen LogP contribution in [0, 0.1) is 0 Å². The molecule has 1 N–H and O–H groups in total. The second-order valence-corrected chi connectivity index (χ2v) is 4.94. The first-order chi connectivity index (χ1) is 11.2. The third-order valence-electron chi connectivity index (χ3n) is 3.74. The largest absolute Gasteiger partial charge is 0.493 e. The maximum absolute atomic E-state index is 11.3. The molecule has 0 bridgehead atoms. The Balaban J connectivity index is 2.09. The van der Waals surface area contributed by atoms with Crippen molar-refractivity contribution in [3.63, 3.8) is 0 Å². The van der Waals surface area contributed by atoms with E-state index in [1.807, 2.05) is 0 Å². The van der Waals surface area contributed by atoms with Crippen molar-refractivity contribution in [2.24, 2.45) is 0 Å². The lowest BCUT2D eigenvalue weighted by Crippen LogP contribution is -2.06. The molecule has 0 fully saturated rings. The molecule has 1 heterocycles. The molecular formula is C17H16O6. The summed E-state index contributed by atoms with van der Waals surface area (Å²) in [7, 11) is 3.05. The number of hydrogen-bond acceptors (Lipinski definition) is 6. The van der Waals surface area contributed by atoms with Gasteiger partial charge in [0, 0.05) is 11.1 Å². The molecule has 0 aromatic heterocycles. The number of methoxy groups -OCH3 is 2. The molecule has 0 amide bonds. The van der Waals surface area contributed by atoms with Crippen LogP contribution in [0.2, 0.25) is 0 Å². The number of fused-ring (bicyclic) bond motifs is 1. The molecule has 23 heavy (non-hydrogen) atoms. The number of aliphatic hydroxyl groups is 1. The van der Waals surface area contributed by atoms with Gasteiger partial charge in [-0.15, -0.1) is 0 Å². The molecule has 0 saturated heterocycles. The molecule has 1 unspecified atom stereocenters. The fourth-order valence-electron chi connectivity index (χ4n) is 2.58. The molecule has 6 heteroatoms. The van der Waals surface area contributed by atoms with Crippen LogP contribution in [-0.4, -0.2) is 32.4 Å². The number of aldehydes is 1. The molecule has 0 aliphatic carbocycles. The van der Waals surface area contributed by atoms with E-state index in [1.54, 1.807) is 30.3 Å². The van der Waals surface area contributed by atoms with E-state index in [0.717, 1.165) is 0 Å². The lowest BCUT2D eigenvalue weighted by molar-refractivity contribution is 0.111. The molecule has 1 atom stereocenters. The third-order valence-corrected chi connectivity index (χ3v) is 3.74. The Labute approximate surface area is 133 Å². The number of hydrogen-bond donors (Lipinski definition) is 1. The Morgan fingerprint density at radius 1 is 1.13 bits per heavy atom. The highest BCUT2D eigenvalue weighted by molar-refractivity contribution is 5.81. The SMILES string of the molecule is COc1ccc(C(O)c2c(C=O)ccc3c2OCO3)cc1OC. The highest BCUT2D eigenvalue weighted by Gasteiger charge is 2.27. The van der Waals surface area contributed by atoms with E-state index in [-0.39, 0.29) is 6.79 Å². The third kappa shape index (κ3) is 2.57. The van der Waals surface area contributed by atoms with Crippen LogP contribution in [-0.2, 0) is 0 Å². The average Bonchev–Trinajstić information content (AvgIpc) is 3.08. The van der Waals surface area contributed by atoms with Crippen molar-refractivity contribution in [3.05, 3.63) is 47.0 Å². The Morgan fingerprint density at radius 2 is 1.91 bits per heavy atom. The normalized spacial score (nSPS) is 13.5. The smallest absolute Gasteiger partial charge is 0.231 e. The van der Waals surface area contributed by atoms with E-state index in [1.165, 1.54) is 14.2 Å². The Kier molecular flexibility index (Phi) is 4.08. The van der Waals surface area contributed by atoms with Crippen LogP contribution in [0.25, 0.3) is 0 Å². The molecule has 6 nitrogen and oxygen atoms in total. The summed E-state index contributed by atoms with van der Waals surface area (Å²) in [5, 5.41) is 10.8. The van der Waals surface area contributed by atoms with Crippen molar-refractivity contribution >= 4 is 6.29 Å². The molecule has 2 aromatic rings. The molecule has 2 aromatic carbocycles. The highest BCUT2D eigenvalue weighted by atomic mass is 16.7. The van der Waals surface area contributed by atoms with Gasteiger partial charge in [-0.1, -0.05) is 6.07 Å². The van der Waals surface area contributed by atoms with E-state index in [0.29, 0.717) is 46.0 Å². The van der Waals surface area contributed by atoms with Crippen LogP contribution in [0.15, 0.2) is 30.3 Å². The molecule has 0 spiro atoms. The van der Waals surface area contributed by atoms with E-state index in [4.69, 9.17) is 18.9 Å². The van der Waals surface area contributed by atoms with E-state index >= 15 is 0 Å². The lowest BCUT2D eigenvalue weighted by atomic mass is 9.95. The van der Waals surface area contributed by atoms with Crippen LogP contribution < -0.4 is 18.9 Å². The Bertz CT molecular complexity index is 740. The van der Waals surface area contributed by atoms with Gasteiger partial charge in [-0.2, -0.15) is 0 Å².